The molecular weight excluding hydrogens is 290 g/mol. The Hall–Kier alpha value is -2.19. The van der Waals surface area contributed by atoms with Crippen molar-refractivity contribution in [3.8, 4) is 0 Å². The number of aromatic nitrogens is 1. The van der Waals surface area contributed by atoms with Gasteiger partial charge in [-0.15, -0.1) is 0 Å². The van der Waals surface area contributed by atoms with Gasteiger partial charge in [-0.25, -0.2) is 4.79 Å². The van der Waals surface area contributed by atoms with E-state index in [4.69, 9.17) is 10.5 Å². The highest BCUT2D eigenvalue weighted by Gasteiger charge is 2.22. The summed E-state index contributed by atoms with van der Waals surface area (Å²) < 4.78 is 5.01. The quantitative estimate of drug-likeness (QED) is 0.609. The van der Waals surface area contributed by atoms with E-state index in [0.717, 1.165) is 0 Å². The number of nitrogens with zero attached hydrogens (tertiary/aromatic N) is 1. The summed E-state index contributed by atoms with van der Waals surface area (Å²) in [5.41, 5.74) is 4.79. The first kappa shape index (κ1) is 17.9. The normalized spacial score (nSPS) is 14.0. The van der Waals surface area contributed by atoms with E-state index in [0.29, 0.717) is 0 Å². The third-order valence-corrected chi connectivity index (χ3v) is 2.60. The number of pyridine rings is 1. The molecule has 0 aliphatic rings. The van der Waals surface area contributed by atoms with Crippen LogP contribution in [0.3, 0.4) is 0 Å². The number of hydrogen-bond acceptors (Lipinski definition) is 6. The maximum Gasteiger partial charge on any atom is 0.407 e. The van der Waals surface area contributed by atoms with Crippen molar-refractivity contribution in [1.29, 1.82) is 0 Å². The van der Waals surface area contributed by atoms with Crippen molar-refractivity contribution >= 4 is 12.0 Å². The fraction of sp³-hybridized carbons (Fsp3) is 0.500. The lowest BCUT2D eigenvalue weighted by molar-refractivity contribution is 0.0127. The molecule has 122 valence electrons. The molecule has 0 saturated heterocycles. The van der Waals surface area contributed by atoms with E-state index < -0.39 is 29.8 Å². The van der Waals surface area contributed by atoms with Gasteiger partial charge in [0.2, 0.25) is 5.91 Å². The fourth-order valence-corrected chi connectivity index (χ4v) is 1.59. The molecule has 2 amide bonds. The molecule has 2 unspecified atom stereocenters. The van der Waals surface area contributed by atoms with Crippen molar-refractivity contribution in [2.24, 2.45) is 5.73 Å². The lowest BCUT2D eigenvalue weighted by Gasteiger charge is -2.22. The number of carbonyl (C=O) groups is 2. The number of alkyl carbamates (subject to hydrolysis) is 1. The first-order valence-electron chi connectivity index (χ1n) is 6.68. The highest BCUT2D eigenvalue weighted by atomic mass is 16.6. The van der Waals surface area contributed by atoms with Crippen LogP contribution < -0.4 is 11.1 Å². The first-order chi connectivity index (χ1) is 10.1. The van der Waals surface area contributed by atoms with Crippen LogP contribution in [-0.2, 0) is 4.74 Å². The zero-order valence-electron chi connectivity index (χ0n) is 12.7. The Balaban J connectivity index is 2.62. The number of ether oxygens (including phenoxy) is 1. The van der Waals surface area contributed by atoms with E-state index in [9.17, 15) is 19.8 Å². The van der Waals surface area contributed by atoms with Crippen molar-refractivity contribution in [3.63, 3.8) is 0 Å². The molecule has 5 N–H and O–H groups in total. The molecule has 2 atom stereocenters. The summed E-state index contributed by atoms with van der Waals surface area (Å²) >= 11 is 0. The van der Waals surface area contributed by atoms with Gasteiger partial charge >= 0.3 is 6.09 Å². The van der Waals surface area contributed by atoms with E-state index in [1.165, 1.54) is 18.5 Å². The summed E-state index contributed by atoms with van der Waals surface area (Å²) in [5, 5.41) is 22.2. The third kappa shape index (κ3) is 5.66. The zero-order chi connectivity index (χ0) is 16.9. The predicted octanol–water partition coefficient (Wildman–Crippen LogP) is 0.0995. The molecule has 0 saturated carbocycles. The number of hydrogen-bond donors (Lipinski definition) is 4. The fourth-order valence-electron chi connectivity index (χ4n) is 1.59. The van der Waals surface area contributed by atoms with Gasteiger partial charge in [-0.05, 0) is 26.8 Å². The molecule has 8 nitrogen and oxygen atoms in total. The van der Waals surface area contributed by atoms with Crippen molar-refractivity contribution in [1.82, 2.24) is 10.3 Å². The number of aliphatic hydroxyl groups excluding tert-OH is 2. The van der Waals surface area contributed by atoms with Gasteiger partial charge in [-0.1, -0.05) is 0 Å². The second kappa shape index (κ2) is 7.19. The molecule has 1 heterocycles. The van der Waals surface area contributed by atoms with Crippen LogP contribution in [0.1, 0.15) is 42.8 Å². The van der Waals surface area contributed by atoms with E-state index >= 15 is 0 Å². The van der Waals surface area contributed by atoms with E-state index in [1.807, 2.05) is 0 Å². The van der Waals surface area contributed by atoms with Crippen LogP contribution in [0.15, 0.2) is 18.5 Å². The summed E-state index contributed by atoms with van der Waals surface area (Å²) in [6, 6.07) is 1.33. The molecule has 0 bridgehead atoms. The number of nitrogens with two attached hydrogens (primary N) is 1. The summed E-state index contributed by atoms with van der Waals surface area (Å²) in [7, 11) is 0. The van der Waals surface area contributed by atoms with Crippen molar-refractivity contribution in [2.75, 3.05) is 6.54 Å². The summed E-state index contributed by atoms with van der Waals surface area (Å²) in [4.78, 5) is 26.3. The topological polar surface area (TPSA) is 135 Å². The van der Waals surface area contributed by atoms with Crippen LogP contribution in [0.5, 0.6) is 0 Å². The summed E-state index contributed by atoms with van der Waals surface area (Å²) in [6.07, 6.45) is -0.778. The van der Waals surface area contributed by atoms with Gasteiger partial charge in [0.15, 0.2) is 0 Å². The Morgan fingerprint density at radius 2 is 2.00 bits per heavy atom. The maximum atomic E-state index is 11.5. The molecule has 8 heteroatoms. The second-order valence-electron chi connectivity index (χ2n) is 5.77. The third-order valence-electron chi connectivity index (χ3n) is 2.60. The minimum atomic E-state index is -1.33. The monoisotopic (exact) mass is 311 g/mol. The minimum Gasteiger partial charge on any atom is -0.444 e. The number of primary amides is 1. The first-order valence-corrected chi connectivity index (χ1v) is 6.68. The van der Waals surface area contributed by atoms with Crippen molar-refractivity contribution in [2.45, 2.75) is 38.6 Å². The van der Waals surface area contributed by atoms with Crippen LogP contribution in [-0.4, -0.2) is 45.4 Å². The number of aliphatic hydroxyl groups is 2. The van der Waals surface area contributed by atoms with Crippen LogP contribution in [0, 0.1) is 0 Å². The van der Waals surface area contributed by atoms with Gasteiger partial charge in [0.05, 0.1) is 5.56 Å². The molecular formula is C14H21N3O5. The average molecular weight is 311 g/mol. The van der Waals surface area contributed by atoms with Gasteiger partial charge in [0.25, 0.3) is 0 Å². The molecule has 1 aromatic rings. The summed E-state index contributed by atoms with van der Waals surface area (Å²) in [6.45, 7) is 4.90. The molecule has 0 aliphatic carbocycles. The van der Waals surface area contributed by atoms with Gasteiger partial charge in [0.1, 0.15) is 17.8 Å². The highest BCUT2D eigenvalue weighted by Crippen LogP contribution is 2.17. The molecule has 0 aromatic carbocycles. The number of carbonyl (C=O) groups excluding carboxylic acids is 2. The Morgan fingerprint density at radius 1 is 1.36 bits per heavy atom. The van der Waals surface area contributed by atoms with E-state index in [1.54, 1.807) is 20.8 Å². The van der Waals surface area contributed by atoms with Gasteiger partial charge in [-0.3, -0.25) is 9.78 Å². The standard InChI is InChI=1S/C14H21N3O5/c1-14(2,3)22-13(21)17-7-10(18)11(19)8-4-9(12(15)20)6-16-5-8/h4-6,10-11,18-19H,7H2,1-3H3,(H2,15,20)(H,17,21). The molecule has 1 aromatic heterocycles. The molecule has 0 radical (unpaired) electrons. The molecule has 22 heavy (non-hydrogen) atoms. The van der Waals surface area contributed by atoms with Crippen molar-refractivity contribution in [3.05, 3.63) is 29.6 Å². The zero-order valence-corrected chi connectivity index (χ0v) is 12.7. The largest absolute Gasteiger partial charge is 0.444 e. The maximum absolute atomic E-state index is 11.5. The smallest absolute Gasteiger partial charge is 0.407 e. The predicted molar refractivity (Wildman–Crippen MR) is 78.0 cm³/mol. The second-order valence-corrected chi connectivity index (χ2v) is 5.77. The van der Waals surface area contributed by atoms with E-state index in [-0.39, 0.29) is 17.7 Å². The van der Waals surface area contributed by atoms with Gasteiger partial charge < -0.3 is 26.0 Å². The lowest BCUT2D eigenvalue weighted by Crippen LogP contribution is -2.38. The Labute approximate surface area is 128 Å². The van der Waals surface area contributed by atoms with Gasteiger partial charge in [0, 0.05) is 24.5 Å². The summed E-state index contributed by atoms with van der Waals surface area (Å²) in [5.74, 6) is -0.692. The minimum absolute atomic E-state index is 0.115. The van der Waals surface area contributed by atoms with Crippen LogP contribution in [0.2, 0.25) is 0 Å². The molecule has 0 fully saturated rings. The molecule has 0 aliphatic heterocycles. The van der Waals surface area contributed by atoms with Crippen LogP contribution in [0.4, 0.5) is 4.79 Å². The number of nitrogens with one attached hydrogen (secondary N) is 1. The number of rotatable bonds is 5. The Bertz CT molecular complexity index is 542. The Morgan fingerprint density at radius 3 is 2.55 bits per heavy atom. The Kier molecular flexibility index (Phi) is 5.84. The van der Waals surface area contributed by atoms with Crippen LogP contribution in [0.25, 0.3) is 0 Å². The van der Waals surface area contributed by atoms with Crippen molar-refractivity contribution < 1.29 is 24.5 Å². The number of amides is 2. The highest BCUT2D eigenvalue weighted by molar-refractivity contribution is 5.92. The lowest BCUT2D eigenvalue weighted by atomic mass is 10.0. The van der Waals surface area contributed by atoms with Gasteiger partial charge in [-0.2, -0.15) is 0 Å². The molecule has 1 rings (SSSR count). The average Bonchev–Trinajstić information content (AvgIpc) is 2.42. The van der Waals surface area contributed by atoms with Crippen LogP contribution >= 0.6 is 0 Å². The SMILES string of the molecule is CC(C)(C)OC(=O)NCC(O)C(O)c1cncc(C(N)=O)c1. The van der Waals surface area contributed by atoms with E-state index in [2.05, 4.69) is 10.3 Å². The molecule has 0 spiro atoms.